The van der Waals surface area contributed by atoms with Gasteiger partial charge in [-0.25, -0.2) is 4.68 Å². The van der Waals surface area contributed by atoms with E-state index >= 15 is 0 Å². The Bertz CT molecular complexity index is 566. The smallest absolute Gasteiger partial charge is 0.235 e. The molecule has 0 aliphatic heterocycles. The predicted octanol–water partition coefficient (Wildman–Crippen LogP) is 3.87. The molecule has 1 aromatic heterocycles. The van der Waals surface area contributed by atoms with E-state index in [1.165, 1.54) is 10.7 Å². The molecule has 0 saturated heterocycles. The van der Waals surface area contributed by atoms with Gasteiger partial charge in [0.1, 0.15) is 0 Å². The van der Waals surface area contributed by atoms with Gasteiger partial charge in [0.05, 0.1) is 12.1 Å². The topological polar surface area (TPSA) is 30.7 Å². The van der Waals surface area contributed by atoms with E-state index in [0.29, 0.717) is 15.0 Å². The molecule has 0 fully saturated rings. The summed E-state index contributed by atoms with van der Waals surface area (Å²) in [7, 11) is 0. The number of nitrogens with zero attached hydrogens (tertiary/aromatic N) is 3. The van der Waals surface area contributed by atoms with Crippen molar-refractivity contribution in [1.82, 2.24) is 14.8 Å². The average Bonchev–Trinajstić information content (AvgIpc) is 2.56. The highest BCUT2D eigenvalue weighted by molar-refractivity contribution is 9.11. The quantitative estimate of drug-likeness (QED) is 0.786. The molecule has 1 heterocycles. The van der Waals surface area contributed by atoms with Crippen molar-refractivity contribution in [3.05, 3.63) is 44.9 Å². The third kappa shape index (κ3) is 3.11. The van der Waals surface area contributed by atoms with Crippen LogP contribution < -0.4 is 0 Å². The third-order valence-electron chi connectivity index (χ3n) is 2.19. The van der Waals surface area contributed by atoms with E-state index in [1.807, 2.05) is 0 Å². The van der Waals surface area contributed by atoms with E-state index in [0.717, 1.165) is 12.1 Å². The van der Waals surface area contributed by atoms with Gasteiger partial charge in [-0.2, -0.15) is 18.2 Å². The standard InChI is InChI=1S/C10H6Br2F3N3/c11-8-16-9(12)18(17-8)5-6-2-1-3-7(4-6)10(13,14)15/h1-4H,5H2. The molecule has 0 aliphatic rings. The minimum absolute atomic E-state index is 0.211. The van der Waals surface area contributed by atoms with Crippen molar-refractivity contribution in [1.29, 1.82) is 0 Å². The first-order chi connectivity index (χ1) is 8.36. The summed E-state index contributed by atoms with van der Waals surface area (Å²) >= 11 is 6.26. The molecule has 0 unspecified atom stereocenters. The van der Waals surface area contributed by atoms with Gasteiger partial charge in [-0.15, -0.1) is 5.10 Å². The molecule has 96 valence electrons. The fourth-order valence-corrected chi connectivity index (χ4v) is 2.39. The Kier molecular flexibility index (Phi) is 3.76. The summed E-state index contributed by atoms with van der Waals surface area (Å²) in [6.07, 6.45) is -4.34. The van der Waals surface area contributed by atoms with Crippen molar-refractivity contribution in [2.24, 2.45) is 0 Å². The Morgan fingerprint density at radius 3 is 2.50 bits per heavy atom. The summed E-state index contributed by atoms with van der Waals surface area (Å²) in [5.41, 5.74) is -0.168. The molecule has 18 heavy (non-hydrogen) atoms. The lowest BCUT2D eigenvalue weighted by Crippen LogP contribution is -2.07. The second-order valence-electron chi connectivity index (χ2n) is 3.51. The molecule has 0 saturated carbocycles. The normalized spacial score (nSPS) is 11.8. The highest BCUT2D eigenvalue weighted by atomic mass is 79.9. The van der Waals surface area contributed by atoms with E-state index < -0.39 is 11.7 Å². The lowest BCUT2D eigenvalue weighted by atomic mass is 10.1. The maximum Gasteiger partial charge on any atom is 0.416 e. The van der Waals surface area contributed by atoms with E-state index in [9.17, 15) is 13.2 Å². The SMILES string of the molecule is FC(F)(F)c1cccc(Cn2nc(Br)nc2Br)c1. The maximum atomic E-state index is 12.5. The zero-order valence-electron chi connectivity index (χ0n) is 8.75. The summed E-state index contributed by atoms with van der Waals surface area (Å²) in [6, 6.07) is 5.12. The van der Waals surface area contributed by atoms with Crippen LogP contribution in [0.25, 0.3) is 0 Å². The highest BCUT2D eigenvalue weighted by Crippen LogP contribution is 2.29. The van der Waals surface area contributed by atoms with Crippen molar-refractivity contribution in [3.8, 4) is 0 Å². The van der Waals surface area contributed by atoms with Crippen LogP contribution in [0.5, 0.6) is 0 Å². The number of hydrogen-bond donors (Lipinski definition) is 0. The number of aromatic nitrogens is 3. The van der Waals surface area contributed by atoms with Crippen molar-refractivity contribution >= 4 is 31.9 Å². The number of rotatable bonds is 2. The maximum absolute atomic E-state index is 12.5. The lowest BCUT2D eigenvalue weighted by Gasteiger charge is -2.08. The van der Waals surface area contributed by atoms with E-state index in [2.05, 4.69) is 41.9 Å². The molecule has 2 rings (SSSR count). The van der Waals surface area contributed by atoms with Crippen molar-refractivity contribution < 1.29 is 13.2 Å². The molecule has 0 bridgehead atoms. The molecule has 8 heteroatoms. The first kappa shape index (κ1) is 13.5. The zero-order valence-corrected chi connectivity index (χ0v) is 11.9. The molecule has 1 aromatic carbocycles. The van der Waals surface area contributed by atoms with Crippen LogP contribution in [0.3, 0.4) is 0 Å². The molecule has 0 N–H and O–H groups in total. The van der Waals surface area contributed by atoms with Crippen LogP contribution in [0.4, 0.5) is 13.2 Å². The van der Waals surface area contributed by atoms with Gasteiger partial charge in [-0.3, -0.25) is 0 Å². The molecule has 0 spiro atoms. The Hall–Kier alpha value is -0.890. The van der Waals surface area contributed by atoms with Crippen LogP contribution in [-0.4, -0.2) is 14.8 Å². The van der Waals surface area contributed by atoms with Gasteiger partial charge < -0.3 is 0 Å². The monoisotopic (exact) mass is 383 g/mol. The van der Waals surface area contributed by atoms with Gasteiger partial charge in [-0.05, 0) is 49.6 Å². The first-order valence-electron chi connectivity index (χ1n) is 4.78. The number of halogens is 5. The van der Waals surface area contributed by atoms with Gasteiger partial charge in [0.15, 0.2) is 4.73 Å². The molecule has 3 nitrogen and oxygen atoms in total. The second-order valence-corrected chi connectivity index (χ2v) is 4.92. The van der Waals surface area contributed by atoms with Gasteiger partial charge >= 0.3 is 6.18 Å². The fourth-order valence-electron chi connectivity index (χ4n) is 1.42. The predicted molar refractivity (Wildman–Crippen MR) is 66.0 cm³/mol. The first-order valence-corrected chi connectivity index (χ1v) is 6.37. The molecule has 0 atom stereocenters. The zero-order chi connectivity index (χ0) is 13.3. The summed E-state index contributed by atoms with van der Waals surface area (Å²) in [6.45, 7) is 0.211. The highest BCUT2D eigenvalue weighted by Gasteiger charge is 2.30. The molecular weight excluding hydrogens is 379 g/mol. The summed E-state index contributed by atoms with van der Waals surface area (Å²) in [5.74, 6) is 0. The minimum atomic E-state index is -4.34. The van der Waals surface area contributed by atoms with Gasteiger partial charge in [0.25, 0.3) is 0 Å². The second kappa shape index (κ2) is 5.00. The molecular formula is C10H6Br2F3N3. The third-order valence-corrected chi connectivity index (χ3v) is 3.11. The van der Waals surface area contributed by atoms with Crippen LogP contribution in [0, 0.1) is 0 Å². The van der Waals surface area contributed by atoms with Gasteiger partial charge in [-0.1, -0.05) is 12.1 Å². The van der Waals surface area contributed by atoms with Crippen LogP contribution in [0.1, 0.15) is 11.1 Å². The van der Waals surface area contributed by atoms with Crippen molar-refractivity contribution in [2.75, 3.05) is 0 Å². The Morgan fingerprint density at radius 2 is 1.94 bits per heavy atom. The lowest BCUT2D eigenvalue weighted by molar-refractivity contribution is -0.137. The molecule has 0 amide bonds. The molecule has 0 aliphatic carbocycles. The summed E-state index contributed by atoms with van der Waals surface area (Å²) < 4.78 is 39.9. The summed E-state index contributed by atoms with van der Waals surface area (Å²) in [5, 5.41) is 3.99. The van der Waals surface area contributed by atoms with E-state index in [1.54, 1.807) is 6.07 Å². The minimum Gasteiger partial charge on any atom is -0.235 e. The Balaban J connectivity index is 2.27. The molecule has 2 aromatic rings. The number of benzene rings is 1. The number of alkyl halides is 3. The van der Waals surface area contributed by atoms with Crippen LogP contribution in [-0.2, 0) is 12.7 Å². The van der Waals surface area contributed by atoms with Crippen LogP contribution in [0.2, 0.25) is 0 Å². The summed E-state index contributed by atoms with van der Waals surface area (Å²) in [4.78, 5) is 3.94. The van der Waals surface area contributed by atoms with E-state index in [-0.39, 0.29) is 6.54 Å². The van der Waals surface area contributed by atoms with Crippen LogP contribution in [0.15, 0.2) is 33.7 Å². The van der Waals surface area contributed by atoms with Crippen molar-refractivity contribution in [2.45, 2.75) is 12.7 Å². The Labute approximate surface area is 117 Å². The number of hydrogen-bond acceptors (Lipinski definition) is 2. The largest absolute Gasteiger partial charge is 0.416 e. The average molecular weight is 385 g/mol. The van der Waals surface area contributed by atoms with Gasteiger partial charge in [0, 0.05) is 0 Å². The Morgan fingerprint density at radius 1 is 1.22 bits per heavy atom. The van der Waals surface area contributed by atoms with E-state index in [4.69, 9.17) is 0 Å². The van der Waals surface area contributed by atoms with Crippen LogP contribution >= 0.6 is 31.9 Å². The van der Waals surface area contributed by atoms with Gasteiger partial charge in [0.2, 0.25) is 4.73 Å². The molecule has 0 radical (unpaired) electrons. The fraction of sp³-hybridized carbons (Fsp3) is 0.200. The van der Waals surface area contributed by atoms with Crippen molar-refractivity contribution in [3.63, 3.8) is 0 Å².